The maximum absolute atomic E-state index is 13.6. The van der Waals surface area contributed by atoms with Gasteiger partial charge < -0.3 is 19.9 Å². The van der Waals surface area contributed by atoms with Crippen LogP contribution in [0.3, 0.4) is 0 Å². The SMILES string of the molecule is CCOC(=O)C1=C(C)NC2=C(C(=O)C[C@@H](c3ccccc3)C2)[C@H]1c1ccc(O)c(OCC)c1. The van der Waals surface area contributed by atoms with Crippen molar-refractivity contribution in [2.45, 2.75) is 45.4 Å². The average Bonchev–Trinajstić information content (AvgIpc) is 2.80. The van der Waals surface area contributed by atoms with Gasteiger partial charge in [-0.1, -0.05) is 36.4 Å². The molecule has 6 nitrogen and oxygen atoms in total. The summed E-state index contributed by atoms with van der Waals surface area (Å²) in [6.45, 7) is 6.05. The molecule has 2 N–H and O–H groups in total. The predicted molar refractivity (Wildman–Crippen MR) is 125 cm³/mol. The van der Waals surface area contributed by atoms with Gasteiger partial charge in [-0.3, -0.25) is 4.79 Å². The zero-order chi connectivity index (χ0) is 23.5. The fourth-order valence-electron chi connectivity index (χ4n) is 4.79. The van der Waals surface area contributed by atoms with Crippen LogP contribution in [-0.2, 0) is 14.3 Å². The summed E-state index contributed by atoms with van der Waals surface area (Å²) in [4.78, 5) is 26.6. The van der Waals surface area contributed by atoms with Gasteiger partial charge in [0.2, 0.25) is 0 Å². The topological polar surface area (TPSA) is 84.9 Å². The van der Waals surface area contributed by atoms with Gasteiger partial charge in [-0.25, -0.2) is 4.79 Å². The molecular weight excluding hydrogens is 418 g/mol. The molecule has 0 spiro atoms. The number of esters is 1. The highest BCUT2D eigenvalue weighted by Gasteiger charge is 2.41. The summed E-state index contributed by atoms with van der Waals surface area (Å²) in [6.07, 6.45) is 1.04. The number of ether oxygens (including phenoxy) is 2. The van der Waals surface area contributed by atoms with E-state index in [-0.39, 0.29) is 24.1 Å². The number of allylic oxidation sites excluding steroid dienone is 3. The number of dihydropyridines is 1. The molecule has 0 saturated carbocycles. The monoisotopic (exact) mass is 447 g/mol. The van der Waals surface area contributed by atoms with Crippen LogP contribution in [0, 0.1) is 0 Å². The molecule has 172 valence electrons. The molecule has 2 aromatic carbocycles. The first kappa shape index (κ1) is 22.6. The summed E-state index contributed by atoms with van der Waals surface area (Å²) in [5.41, 5.74) is 4.33. The Kier molecular flexibility index (Phi) is 6.54. The third-order valence-corrected chi connectivity index (χ3v) is 6.21. The van der Waals surface area contributed by atoms with Crippen molar-refractivity contribution in [2.75, 3.05) is 13.2 Å². The van der Waals surface area contributed by atoms with Crippen molar-refractivity contribution in [2.24, 2.45) is 0 Å². The molecule has 0 radical (unpaired) electrons. The maximum Gasteiger partial charge on any atom is 0.336 e. The summed E-state index contributed by atoms with van der Waals surface area (Å²) < 4.78 is 10.9. The minimum absolute atomic E-state index is 0.00272. The smallest absolute Gasteiger partial charge is 0.336 e. The van der Waals surface area contributed by atoms with E-state index >= 15 is 0 Å². The first-order chi connectivity index (χ1) is 15.9. The van der Waals surface area contributed by atoms with Crippen molar-refractivity contribution in [1.82, 2.24) is 5.32 Å². The Bertz CT molecular complexity index is 1130. The molecule has 0 amide bonds. The van der Waals surface area contributed by atoms with Crippen LogP contribution in [0.5, 0.6) is 11.5 Å². The van der Waals surface area contributed by atoms with Crippen LogP contribution in [-0.4, -0.2) is 30.1 Å². The molecule has 1 aliphatic carbocycles. The first-order valence-corrected chi connectivity index (χ1v) is 11.4. The van der Waals surface area contributed by atoms with E-state index in [2.05, 4.69) is 5.32 Å². The predicted octanol–water partition coefficient (Wildman–Crippen LogP) is 4.72. The minimum Gasteiger partial charge on any atom is -0.504 e. The third-order valence-electron chi connectivity index (χ3n) is 6.21. The van der Waals surface area contributed by atoms with E-state index < -0.39 is 11.9 Å². The summed E-state index contributed by atoms with van der Waals surface area (Å²) in [7, 11) is 0. The standard InChI is InChI=1S/C27H29NO5/c1-4-32-23-15-18(11-12-21(23)29)25-24(27(31)33-5-2)16(3)28-20-13-19(14-22(30)26(20)25)17-9-7-6-8-10-17/h6-12,15,19,25,28-29H,4-5,13-14H2,1-3H3/t19-,25-/m0/s1. The molecule has 0 unspecified atom stereocenters. The van der Waals surface area contributed by atoms with Crippen LogP contribution < -0.4 is 10.1 Å². The lowest BCUT2D eigenvalue weighted by atomic mass is 9.71. The Labute approximate surface area is 193 Å². The molecule has 33 heavy (non-hydrogen) atoms. The highest BCUT2D eigenvalue weighted by Crippen LogP contribution is 2.46. The zero-order valence-electron chi connectivity index (χ0n) is 19.2. The normalized spacial score (nSPS) is 20.3. The first-order valence-electron chi connectivity index (χ1n) is 11.4. The van der Waals surface area contributed by atoms with Crippen molar-refractivity contribution in [3.8, 4) is 11.5 Å². The van der Waals surface area contributed by atoms with Crippen molar-refractivity contribution in [3.05, 3.63) is 82.2 Å². The third kappa shape index (κ3) is 4.38. The second kappa shape index (κ2) is 9.53. The molecule has 2 atom stereocenters. The number of phenols is 1. The van der Waals surface area contributed by atoms with Crippen LogP contribution in [0.2, 0.25) is 0 Å². The van der Waals surface area contributed by atoms with E-state index in [0.717, 1.165) is 11.3 Å². The lowest BCUT2D eigenvalue weighted by molar-refractivity contribution is -0.138. The van der Waals surface area contributed by atoms with E-state index in [4.69, 9.17) is 9.47 Å². The summed E-state index contributed by atoms with van der Waals surface area (Å²) in [5.74, 6) is -0.639. The van der Waals surface area contributed by atoms with Crippen LogP contribution in [0.25, 0.3) is 0 Å². The lowest BCUT2D eigenvalue weighted by Crippen LogP contribution is -2.36. The van der Waals surface area contributed by atoms with Gasteiger partial charge in [0.1, 0.15) is 0 Å². The Morgan fingerprint density at radius 3 is 2.52 bits per heavy atom. The van der Waals surface area contributed by atoms with Crippen molar-refractivity contribution >= 4 is 11.8 Å². The number of hydrogen-bond acceptors (Lipinski definition) is 6. The highest BCUT2D eigenvalue weighted by molar-refractivity contribution is 6.04. The summed E-state index contributed by atoms with van der Waals surface area (Å²) in [6, 6.07) is 15.0. The number of aromatic hydroxyl groups is 1. The van der Waals surface area contributed by atoms with E-state index in [1.165, 1.54) is 0 Å². The van der Waals surface area contributed by atoms with Gasteiger partial charge in [-0.05, 0) is 56.4 Å². The van der Waals surface area contributed by atoms with Crippen LogP contribution in [0.1, 0.15) is 56.6 Å². The molecule has 0 aromatic heterocycles. The fourth-order valence-corrected chi connectivity index (χ4v) is 4.79. The number of nitrogens with one attached hydrogen (secondary N) is 1. The number of phenolic OH excluding ortho intramolecular Hbond substituents is 1. The summed E-state index contributed by atoms with van der Waals surface area (Å²) >= 11 is 0. The van der Waals surface area contributed by atoms with Gasteiger partial charge in [0.25, 0.3) is 0 Å². The van der Waals surface area contributed by atoms with Crippen LogP contribution in [0.15, 0.2) is 71.1 Å². The molecule has 4 rings (SSSR count). The number of Topliss-reactive ketones (excluding diaryl/α,β-unsaturated/α-hetero) is 1. The van der Waals surface area contributed by atoms with Gasteiger partial charge in [-0.15, -0.1) is 0 Å². The summed E-state index contributed by atoms with van der Waals surface area (Å²) in [5, 5.41) is 13.5. The highest BCUT2D eigenvalue weighted by atomic mass is 16.5. The van der Waals surface area contributed by atoms with Gasteiger partial charge in [0.15, 0.2) is 17.3 Å². The zero-order valence-corrected chi connectivity index (χ0v) is 19.2. The molecule has 2 aliphatic rings. The molecule has 1 heterocycles. The van der Waals surface area contributed by atoms with Gasteiger partial charge in [-0.2, -0.15) is 0 Å². The minimum atomic E-state index is -0.593. The van der Waals surface area contributed by atoms with Gasteiger partial charge >= 0.3 is 5.97 Å². The number of carbonyl (C=O) groups excluding carboxylic acids is 2. The molecule has 0 bridgehead atoms. The van der Waals surface area contributed by atoms with E-state index in [0.29, 0.717) is 47.6 Å². The van der Waals surface area contributed by atoms with Crippen molar-refractivity contribution < 1.29 is 24.2 Å². The number of hydrogen-bond donors (Lipinski definition) is 2. The lowest BCUT2D eigenvalue weighted by Gasteiger charge is -2.36. The average molecular weight is 448 g/mol. The number of ketones is 1. The van der Waals surface area contributed by atoms with Crippen LogP contribution >= 0.6 is 0 Å². The second-order valence-corrected chi connectivity index (χ2v) is 8.31. The van der Waals surface area contributed by atoms with E-state index in [9.17, 15) is 14.7 Å². The Hall–Kier alpha value is -3.54. The Balaban J connectivity index is 1.82. The molecule has 0 saturated heterocycles. The van der Waals surface area contributed by atoms with Gasteiger partial charge in [0, 0.05) is 29.3 Å². The second-order valence-electron chi connectivity index (χ2n) is 8.31. The Morgan fingerprint density at radius 2 is 1.82 bits per heavy atom. The molecule has 0 fully saturated rings. The largest absolute Gasteiger partial charge is 0.504 e. The van der Waals surface area contributed by atoms with Crippen molar-refractivity contribution in [1.29, 1.82) is 0 Å². The van der Waals surface area contributed by atoms with Crippen molar-refractivity contribution in [3.63, 3.8) is 0 Å². The maximum atomic E-state index is 13.6. The Morgan fingerprint density at radius 1 is 1.06 bits per heavy atom. The fraction of sp³-hybridized carbons (Fsp3) is 0.333. The number of carbonyl (C=O) groups is 2. The molecule has 1 aliphatic heterocycles. The quantitative estimate of drug-likeness (QED) is 0.624. The molecular formula is C27H29NO5. The van der Waals surface area contributed by atoms with E-state index in [1.807, 2.05) is 44.2 Å². The number of benzene rings is 2. The molecule has 2 aromatic rings. The van der Waals surface area contributed by atoms with Gasteiger partial charge in [0.05, 0.1) is 18.8 Å². The molecule has 6 heteroatoms. The number of rotatable bonds is 6. The van der Waals surface area contributed by atoms with Crippen LogP contribution in [0.4, 0.5) is 0 Å². The van der Waals surface area contributed by atoms with E-state index in [1.54, 1.807) is 25.1 Å².